The van der Waals surface area contributed by atoms with Crippen molar-refractivity contribution in [2.45, 2.75) is 52.4 Å². The Bertz CT molecular complexity index is 79.8. The van der Waals surface area contributed by atoms with Gasteiger partial charge in [-0.2, -0.15) is 0 Å². The molecule has 2 heteroatoms. The number of carbonyl (C=O) groups excluding carboxylic acids is 1. The molecular weight excluding hydrogens is 152 g/mol. The Kier molecular flexibility index (Phi) is 15.6. The monoisotopic (exact) mass is 174 g/mol. The molecule has 0 aliphatic rings. The van der Waals surface area contributed by atoms with Crippen LogP contribution in [-0.2, 0) is 4.79 Å². The van der Waals surface area contributed by atoms with E-state index in [0.717, 1.165) is 45.6 Å². The Labute approximate surface area is 76.0 Å². The maximum atomic E-state index is 11.0. The largest absolute Gasteiger partial charge is 0.400 e. The smallest absolute Gasteiger partial charge is 0.132 e. The molecule has 0 spiro atoms. The first kappa shape index (κ1) is 14.2. The maximum Gasteiger partial charge on any atom is 0.132 e. The average Bonchev–Trinajstić information content (AvgIpc) is 2.14. The van der Waals surface area contributed by atoms with E-state index >= 15 is 0 Å². The molecule has 0 fully saturated rings. The number of unbranched alkanes of at least 4 members (excludes halogenated alkanes) is 2. The predicted molar refractivity (Wildman–Crippen MR) is 52.2 cm³/mol. The third kappa shape index (κ3) is 12.3. The molecule has 0 amide bonds. The molecule has 0 rings (SSSR count). The molecule has 2 nitrogen and oxygen atoms in total. The number of hydrogen-bond acceptors (Lipinski definition) is 2. The Hall–Kier alpha value is -0.370. The lowest BCUT2D eigenvalue weighted by molar-refractivity contribution is -0.119. The summed E-state index contributed by atoms with van der Waals surface area (Å²) in [7, 11) is 1.00. The SMILES string of the molecule is CCCCC(=O)CCCC.CO. The van der Waals surface area contributed by atoms with Crippen LogP contribution < -0.4 is 0 Å². The van der Waals surface area contributed by atoms with Gasteiger partial charge in [-0.1, -0.05) is 26.7 Å². The van der Waals surface area contributed by atoms with Crippen molar-refractivity contribution in [3.63, 3.8) is 0 Å². The van der Waals surface area contributed by atoms with Crippen molar-refractivity contribution in [2.75, 3.05) is 7.11 Å². The molecule has 0 aromatic heterocycles. The predicted octanol–water partition coefficient (Wildman–Crippen LogP) is 2.54. The highest BCUT2D eigenvalue weighted by molar-refractivity contribution is 5.78. The van der Waals surface area contributed by atoms with E-state index in [9.17, 15) is 4.79 Å². The number of hydrogen-bond donors (Lipinski definition) is 1. The minimum Gasteiger partial charge on any atom is -0.400 e. The molecule has 0 aliphatic carbocycles. The highest BCUT2D eigenvalue weighted by Gasteiger charge is 1.98. The minimum absolute atomic E-state index is 0.448. The van der Waals surface area contributed by atoms with Gasteiger partial charge in [-0.3, -0.25) is 4.79 Å². The fourth-order valence-electron chi connectivity index (χ4n) is 0.873. The number of Topliss-reactive ketones (excluding diaryl/α,β-unsaturated/α-hetero) is 1. The van der Waals surface area contributed by atoms with Crippen LogP contribution in [0.4, 0.5) is 0 Å². The number of aliphatic hydroxyl groups excluding tert-OH is 1. The van der Waals surface area contributed by atoms with Crippen LogP contribution in [0.2, 0.25) is 0 Å². The van der Waals surface area contributed by atoms with E-state index in [2.05, 4.69) is 13.8 Å². The second-order valence-electron chi connectivity index (χ2n) is 2.75. The summed E-state index contributed by atoms with van der Waals surface area (Å²) in [6.07, 6.45) is 6.02. The quantitative estimate of drug-likeness (QED) is 0.672. The van der Waals surface area contributed by atoms with Crippen molar-refractivity contribution in [1.82, 2.24) is 0 Å². The third-order valence-electron chi connectivity index (χ3n) is 1.62. The average molecular weight is 174 g/mol. The lowest BCUT2D eigenvalue weighted by atomic mass is 10.1. The van der Waals surface area contributed by atoms with Gasteiger partial charge >= 0.3 is 0 Å². The van der Waals surface area contributed by atoms with Crippen LogP contribution in [0.1, 0.15) is 52.4 Å². The number of carbonyl (C=O) groups is 1. The molecule has 0 aromatic rings. The van der Waals surface area contributed by atoms with Gasteiger partial charge in [0.1, 0.15) is 5.78 Å². The second-order valence-corrected chi connectivity index (χ2v) is 2.75. The van der Waals surface area contributed by atoms with Crippen molar-refractivity contribution in [3.8, 4) is 0 Å². The Morgan fingerprint density at radius 3 is 1.58 bits per heavy atom. The normalized spacial score (nSPS) is 8.67. The molecule has 0 heterocycles. The summed E-state index contributed by atoms with van der Waals surface area (Å²) in [5.74, 6) is 0.448. The van der Waals surface area contributed by atoms with E-state index in [1.807, 2.05) is 0 Å². The maximum absolute atomic E-state index is 11.0. The second kappa shape index (κ2) is 13.2. The summed E-state index contributed by atoms with van der Waals surface area (Å²) in [6, 6.07) is 0. The van der Waals surface area contributed by atoms with Crippen LogP contribution in [0.5, 0.6) is 0 Å². The van der Waals surface area contributed by atoms with E-state index in [0.29, 0.717) is 5.78 Å². The van der Waals surface area contributed by atoms with Crippen LogP contribution in [-0.4, -0.2) is 18.0 Å². The summed E-state index contributed by atoms with van der Waals surface area (Å²) in [5, 5.41) is 7.00. The van der Waals surface area contributed by atoms with Gasteiger partial charge in [-0.25, -0.2) is 0 Å². The Balaban J connectivity index is 0. The molecule has 1 N–H and O–H groups in total. The molecule has 12 heavy (non-hydrogen) atoms. The molecular formula is C10H22O2. The van der Waals surface area contributed by atoms with Crippen molar-refractivity contribution in [3.05, 3.63) is 0 Å². The van der Waals surface area contributed by atoms with Crippen molar-refractivity contribution in [2.24, 2.45) is 0 Å². The van der Waals surface area contributed by atoms with E-state index in [-0.39, 0.29) is 0 Å². The van der Waals surface area contributed by atoms with Crippen LogP contribution in [0, 0.1) is 0 Å². The first-order valence-corrected chi connectivity index (χ1v) is 4.77. The molecule has 0 unspecified atom stereocenters. The topological polar surface area (TPSA) is 37.3 Å². The van der Waals surface area contributed by atoms with E-state index in [4.69, 9.17) is 5.11 Å². The van der Waals surface area contributed by atoms with Gasteiger partial charge in [-0.15, -0.1) is 0 Å². The number of aliphatic hydroxyl groups is 1. The third-order valence-corrected chi connectivity index (χ3v) is 1.62. The van der Waals surface area contributed by atoms with Gasteiger partial charge in [0.25, 0.3) is 0 Å². The molecule has 0 bridgehead atoms. The van der Waals surface area contributed by atoms with Crippen molar-refractivity contribution >= 4 is 5.78 Å². The lowest BCUT2D eigenvalue weighted by Gasteiger charge is -1.96. The highest BCUT2D eigenvalue weighted by Crippen LogP contribution is 2.02. The van der Waals surface area contributed by atoms with Gasteiger partial charge in [0.05, 0.1) is 0 Å². The number of ketones is 1. The van der Waals surface area contributed by atoms with Gasteiger partial charge in [-0.05, 0) is 12.8 Å². The van der Waals surface area contributed by atoms with Gasteiger partial charge in [0, 0.05) is 20.0 Å². The van der Waals surface area contributed by atoms with E-state index < -0.39 is 0 Å². The zero-order valence-corrected chi connectivity index (χ0v) is 8.60. The standard InChI is InChI=1S/C9H18O.CH4O/c1-3-5-7-9(10)8-6-4-2;1-2/h3-8H2,1-2H3;2H,1H3. The van der Waals surface area contributed by atoms with Crippen LogP contribution in [0.15, 0.2) is 0 Å². The molecule has 0 saturated heterocycles. The lowest BCUT2D eigenvalue weighted by Crippen LogP contribution is -1.96. The minimum atomic E-state index is 0.448. The van der Waals surface area contributed by atoms with Crippen molar-refractivity contribution < 1.29 is 9.90 Å². The zero-order chi connectivity index (χ0) is 9.82. The first-order valence-electron chi connectivity index (χ1n) is 4.77. The summed E-state index contributed by atoms with van der Waals surface area (Å²) in [5.41, 5.74) is 0. The molecule has 0 radical (unpaired) electrons. The first-order chi connectivity index (χ1) is 5.81. The summed E-state index contributed by atoms with van der Waals surface area (Å²) in [4.78, 5) is 11.0. The van der Waals surface area contributed by atoms with E-state index in [1.165, 1.54) is 0 Å². The molecule has 0 atom stereocenters. The van der Waals surface area contributed by atoms with Gasteiger partial charge in [0.2, 0.25) is 0 Å². The van der Waals surface area contributed by atoms with Crippen molar-refractivity contribution in [1.29, 1.82) is 0 Å². The van der Waals surface area contributed by atoms with Gasteiger partial charge < -0.3 is 5.11 Å². The zero-order valence-electron chi connectivity index (χ0n) is 8.60. The van der Waals surface area contributed by atoms with E-state index in [1.54, 1.807) is 0 Å². The van der Waals surface area contributed by atoms with Crippen LogP contribution >= 0.6 is 0 Å². The summed E-state index contributed by atoms with van der Waals surface area (Å²) < 4.78 is 0. The van der Waals surface area contributed by atoms with Gasteiger partial charge in [0.15, 0.2) is 0 Å². The summed E-state index contributed by atoms with van der Waals surface area (Å²) >= 11 is 0. The fourth-order valence-corrected chi connectivity index (χ4v) is 0.873. The molecule has 0 saturated carbocycles. The fraction of sp³-hybridized carbons (Fsp3) is 0.900. The molecule has 0 aliphatic heterocycles. The molecule has 0 aromatic carbocycles. The number of rotatable bonds is 6. The highest BCUT2D eigenvalue weighted by atomic mass is 16.2. The summed E-state index contributed by atoms with van der Waals surface area (Å²) in [6.45, 7) is 4.24. The molecule has 74 valence electrons. The van der Waals surface area contributed by atoms with Crippen LogP contribution in [0.3, 0.4) is 0 Å². The van der Waals surface area contributed by atoms with Crippen LogP contribution in [0.25, 0.3) is 0 Å². The Morgan fingerprint density at radius 1 is 1.00 bits per heavy atom. The Morgan fingerprint density at radius 2 is 1.33 bits per heavy atom.